The predicted octanol–water partition coefficient (Wildman–Crippen LogP) is 3.98. The molecule has 3 aliphatic rings. The lowest BCUT2D eigenvalue weighted by molar-refractivity contribution is -0.121. The number of hydrogen-bond donors (Lipinski definition) is 1. The van der Waals surface area contributed by atoms with Gasteiger partial charge < -0.3 is 10.2 Å². The SMILES string of the molecule is CCc1ccccc1NC(=O)C1CCCN(S(=O)(=O)c2ccc3c(c2)CC(C)N3C(=O)C2CC2)C1. The third-order valence-electron chi connectivity index (χ3n) is 7.48. The predicted molar refractivity (Wildman–Crippen MR) is 136 cm³/mol. The standard InChI is InChI=1S/C27H33N3O4S/c1-3-19-7-4-5-9-24(19)28-26(31)21-8-6-14-29(17-21)35(33,34)23-12-13-25-22(16-23)15-18(2)30(25)27(32)20-10-11-20/h4-5,7,9,12-13,16,18,20-21H,3,6,8,10-11,14-15,17H2,1-2H3,(H,28,31). The van der Waals surface area contributed by atoms with Crippen LogP contribution in [0.3, 0.4) is 0 Å². The summed E-state index contributed by atoms with van der Waals surface area (Å²) >= 11 is 0. The van der Waals surface area contributed by atoms with E-state index in [1.54, 1.807) is 18.2 Å². The van der Waals surface area contributed by atoms with Gasteiger partial charge in [0.15, 0.2) is 0 Å². The van der Waals surface area contributed by atoms with E-state index >= 15 is 0 Å². The number of benzene rings is 2. The second-order valence-corrected chi connectivity index (χ2v) is 12.0. The number of nitrogens with one attached hydrogen (secondary N) is 1. The largest absolute Gasteiger partial charge is 0.326 e. The van der Waals surface area contributed by atoms with E-state index in [1.165, 1.54) is 4.31 Å². The first-order valence-corrected chi connectivity index (χ1v) is 14.1. The zero-order chi connectivity index (χ0) is 24.7. The van der Waals surface area contributed by atoms with Crippen molar-refractivity contribution in [2.24, 2.45) is 11.8 Å². The third kappa shape index (κ3) is 4.61. The van der Waals surface area contributed by atoms with Crippen molar-refractivity contribution < 1.29 is 18.0 Å². The van der Waals surface area contributed by atoms with Crippen LogP contribution < -0.4 is 10.2 Å². The van der Waals surface area contributed by atoms with E-state index in [-0.39, 0.29) is 35.2 Å². The van der Waals surface area contributed by atoms with Crippen molar-refractivity contribution in [3.63, 3.8) is 0 Å². The lowest BCUT2D eigenvalue weighted by Gasteiger charge is -2.31. The summed E-state index contributed by atoms with van der Waals surface area (Å²) in [7, 11) is -3.75. The molecule has 1 N–H and O–H groups in total. The summed E-state index contributed by atoms with van der Waals surface area (Å²) in [5.74, 6) is -0.263. The Morgan fingerprint density at radius 3 is 2.57 bits per heavy atom. The molecule has 5 rings (SSSR count). The van der Waals surface area contributed by atoms with Crippen LogP contribution in [0.25, 0.3) is 0 Å². The first kappa shape index (κ1) is 24.0. The highest BCUT2D eigenvalue weighted by atomic mass is 32.2. The van der Waals surface area contributed by atoms with Crippen molar-refractivity contribution in [1.29, 1.82) is 0 Å². The Morgan fingerprint density at radius 1 is 1.06 bits per heavy atom. The number of amides is 2. The molecule has 2 aromatic carbocycles. The van der Waals surface area contributed by atoms with Crippen molar-refractivity contribution in [1.82, 2.24) is 4.31 Å². The van der Waals surface area contributed by atoms with Crippen molar-refractivity contribution in [3.05, 3.63) is 53.6 Å². The number of sulfonamides is 1. The quantitative estimate of drug-likeness (QED) is 0.657. The molecule has 2 aliphatic heterocycles. The normalized spacial score (nSPS) is 22.6. The molecule has 2 unspecified atom stereocenters. The van der Waals surface area contributed by atoms with Crippen LogP contribution in [0.4, 0.5) is 11.4 Å². The highest BCUT2D eigenvalue weighted by Crippen LogP contribution is 2.40. The van der Waals surface area contributed by atoms with Crippen LogP contribution in [0, 0.1) is 11.8 Å². The van der Waals surface area contributed by atoms with E-state index in [4.69, 9.17) is 0 Å². The van der Waals surface area contributed by atoms with Crippen molar-refractivity contribution in [2.45, 2.75) is 63.3 Å². The van der Waals surface area contributed by atoms with Gasteiger partial charge in [-0.25, -0.2) is 8.42 Å². The Hall–Kier alpha value is -2.71. The van der Waals surface area contributed by atoms with Gasteiger partial charge in [0.25, 0.3) is 0 Å². The van der Waals surface area contributed by atoms with Crippen molar-refractivity contribution in [2.75, 3.05) is 23.3 Å². The summed E-state index contributed by atoms with van der Waals surface area (Å²) in [5, 5.41) is 3.01. The Labute approximate surface area is 207 Å². The molecule has 2 amide bonds. The molecule has 1 aliphatic carbocycles. The number of carbonyl (C=O) groups excluding carboxylic acids is 2. The minimum atomic E-state index is -3.75. The molecule has 35 heavy (non-hydrogen) atoms. The van der Waals surface area contributed by atoms with Gasteiger partial charge in [-0.3, -0.25) is 9.59 Å². The number of piperidine rings is 1. The number of nitrogens with zero attached hydrogens (tertiary/aromatic N) is 2. The number of carbonyl (C=O) groups is 2. The molecule has 0 radical (unpaired) electrons. The molecule has 1 saturated heterocycles. The summed E-state index contributed by atoms with van der Waals surface area (Å²) in [6.07, 6.45) is 4.64. The maximum absolute atomic E-state index is 13.5. The number of aryl methyl sites for hydroxylation is 1. The van der Waals surface area contributed by atoms with Crippen molar-refractivity contribution in [3.8, 4) is 0 Å². The smallest absolute Gasteiger partial charge is 0.243 e. The minimum Gasteiger partial charge on any atom is -0.326 e. The van der Waals surface area contributed by atoms with E-state index < -0.39 is 15.9 Å². The molecule has 2 aromatic rings. The maximum Gasteiger partial charge on any atom is 0.243 e. The molecule has 2 heterocycles. The van der Waals surface area contributed by atoms with Gasteiger partial charge in [0.2, 0.25) is 21.8 Å². The maximum atomic E-state index is 13.5. The van der Waals surface area contributed by atoms with E-state index in [0.717, 1.165) is 41.8 Å². The topological polar surface area (TPSA) is 86.8 Å². The van der Waals surface area contributed by atoms with Crippen LogP contribution in [0.15, 0.2) is 47.4 Å². The average molecular weight is 496 g/mol. The van der Waals surface area contributed by atoms with E-state index in [1.807, 2.05) is 43.0 Å². The molecule has 8 heteroatoms. The summed E-state index contributed by atoms with van der Waals surface area (Å²) < 4.78 is 28.5. The van der Waals surface area contributed by atoms with Gasteiger partial charge in [-0.2, -0.15) is 4.31 Å². The first-order valence-electron chi connectivity index (χ1n) is 12.6. The van der Waals surface area contributed by atoms with Gasteiger partial charge in [-0.05, 0) is 80.8 Å². The van der Waals surface area contributed by atoms with Gasteiger partial charge in [0, 0.05) is 36.4 Å². The second-order valence-electron chi connectivity index (χ2n) is 10.0. The monoisotopic (exact) mass is 495 g/mol. The zero-order valence-electron chi connectivity index (χ0n) is 20.4. The Bertz CT molecular complexity index is 1250. The average Bonchev–Trinajstić information content (AvgIpc) is 3.66. The highest BCUT2D eigenvalue weighted by molar-refractivity contribution is 7.89. The lowest BCUT2D eigenvalue weighted by atomic mass is 9.98. The van der Waals surface area contributed by atoms with Gasteiger partial charge in [-0.15, -0.1) is 0 Å². The highest BCUT2D eigenvalue weighted by Gasteiger charge is 2.40. The summed E-state index contributed by atoms with van der Waals surface area (Å²) in [6.45, 7) is 4.62. The van der Waals surface area contributed by atoms with E-state index in [9.17, 15) is 18.0 Å². The van der Waals surface area contributed by atoms with Crippen LogP contribution in [0.2, 0.25) is 0 Å². The summed E-state index contributed by atoms with van der Waals surface area (Å²) in [5.41, 5.74) is 3.58. The Kier molecular flexibility index (Phi) is 6.44. The number of rotatable bonds is 6. The van der Waals surface area contributed by atoms with Crippen LogP contribution in [0.1, 0.15) is 50.7 Å². The van der Waals surface area contributed by atoms with Crippen molar-refractivity contribution >= 4 is 33.2 Å². The third-order valence-corrected chi connectivity index (χ3v) is 9.34. The van der Waals surface area contributed by atoms with Crippen LogP contribution >= 0.6 is 0 Å². The van der Waals surface area contributed by atoms with Crippen LogP contribution in [0.5, 0.6) is 0 Å². The van der Waals surface area contributed by atoms with Gasteiger partial charge in [0.1, 0.15) is 0 Å². The molecular formula is C27H33N3O4S. The second kappa shape index (κ2) is 9.39. The van der Waals surface area contributed by atoms with Gasteiger partial charge >= 0.3 is 0 Å². The molecule has 0 spiro atoms. The van der Waals surface area contributed by atoms with E-state index in [2.05, 4.69) is 5.32 Å². The molecule has 1 saturated carbocycles. The van der Waals surface area contributed by atoms with Gasteiger partial charge in [0.05, 0.1) is 10.8 Å². The Balaban J connectivity index is 1.32. The number of anilines is 2. The molecule has 7 nitrogen and oxygen atoms in total. The molecule has 0 aromatic heterocycles. The fraction of sp³-hybridized carbons (Fsp3) is 0.481. The molecule has 2 fully saturated rings. The fourth-order valence-corrected chi connectivity index (χ4v) is 6.91. The molecule has 186 valence electrons. The van der Waals surface area contributed by atoms with Crippen LogP contribution in [-0.4, -0.2) is 43.7 Å². The zero-order valence-corrected chi connectivity index (χ0v) is 21.2. The van der Waals surface area contributed by atoms with Crippen LogP contribution in [-0.2, 0) is 32.5 Å². The minimum absolute atomic E-state index is 0.0325. The van der Waals surface area contributed by atoms with Gasteiger partial charge in [-0.1, -0.05) is 25.1 Å². The summed E-state index contributed by atoms with van der Waals surface area (Å²) in [6, 6.07) is 12.9. The number of para-hydroxylation sites is 1. The molecule has 2 atom stereocenters. The molecule has 0 bridgehead atoms. The molecular weight excluding hydrogens is 462 g/mol. The number of hydrogen-bond acceptors (Lipinski definition) is 4. The lowest BCUT2D eigenvalue weighted by Crippen LogP contribution is -2.43. The Morgan fingerprint density at radius 2 is 1.83 bits per heavy atom. The van der Waals surface area contributed by atoms with E-state index in [0.29, 0.717) is 25.8 Å². The number of fused-ring (bicyclic) bond motifs is 1. The first-order chi connectivity index (χ1) is 16.8. The summed E-state index contributed by atoms with van der Waals surface area (Å²) in [4.78, 5) is 27.9. The fourth-order valence-electron chi connectivity index (χ4n) is 5.34.